The highest BCUT2D eigenvalue weighted by atomic mass is 15.1. The lowest BCUT2D eigenvalue weighted by Crippen LogP contribution is -2.25. The molecular formula is C80H52N2. The number of nitrogens with zero attached hydrogens (tertiary/aromatic N) is 2. The van der Waals surface area contributed by atoms with Crippen LogP contribution in [0.4, 0.5) is 17.1 Å². The van der Waals surface area contributed by atoms with Crippen molar-refractivity contribution in [1.82, 2.24) is 4.57 Å². The van der Waals surface area contributed by atoms with Gasteiger partial charge in [-0.1, -0.05) is 238 Å². The molecular weight excluding hydrogens is 989 g/mol. The molecule has 18 rings (SSSR count). The van der Waals surface area contributed by atoms with E-state index in [1.807, 2.05) is 0 Å². The lowest BCUT2D eigenvalue weighted by Gasteiger charge is -2.32. The van der Waals surface area contributed by atoms with Crippen molar-refractivity contribution in [2.75, 3.05) is 4.90 Å². The molecule has 1 spiro atoms. The fraction of sp³-hybridized carbons (Fsp3) is 0.0500. The maximum atomic E-state index is 2.60. The van der Waals surface area contributed by atoms with Crippen LogP contribution in [0.1, 0.15) is 47.2 Å². The van der Waals surface area contributed by atoms with Gasteiger partial charge in [0.15, 0.2) is 0 Å². The van der Waals surface area contributed by atoms with Crippen molar-refractivity contribution >= 4 is 49.6 Å². The van der Waals surface area contributed by atoms with Crippen molar-refractivity contribution in [1.29, 1.82) is 0 Å². The Kier molecular flexibility index (Phi) is 9.25. The van der Waals surface area contributed by atoms with Gasteiger partial charge in [-0.3, -0.25) is 0 Å². The first-order chi connectivity index (χ1) is 40.5. The number of hydrogen-bond acceptors (Lipinski definition) is 1. The zero-order chi connectivity index (χ0) is 54.0. The molecule has 0 saturated heterocycles. The summed E-state index contributed by atoms with van der Waals surface area (Å²) < 4.78 is 2.57. The van der Waals surface area contributed by atoms with E-state index in [4.69, 9.17) is 0 Å². The van der Waals surface area contributed by atoms with E-state index in [0.29, 0.717) is 0 Å². The third-order valence-corrected chi connectivity index (χ3v) is 19.1. The number of rotatable bonds is 6. The highest BCUT2D eigenvalue weighted by Crippen LogP contribution is 2.65. The third-order valence-electron chi connectivity index (χ3n) is 19.1. The number of fused-ring (bicyclic) bond motifs is 17. The molecule has 82 heavy (non-hydrogen) atoms. The van der Waals surface area contributed by atoms with Gasteiger partial charge < -0.3 is 9.47 Å². The largest absolute Gasteiger partial charge is 0.309 e. The molecule has 2 nitrogen and oxygen atoms in total. The Labute approximate surface area is 477 Å². The Hall–Kier alpha value is -10.3. The molecule has 3 aliphatic carbocycles. The second-order valence-corrected chi connectivity index (χ2v) is 23.4. The summed E-state index contributed by atoms with van der Waals surface area (Å²) in [7, 11) is 0. The summed E-state index contributed by atoms with van der Waals surface area (Å²) in [5.74, 6) is 0. The van der Waals surface area contributed by atoms with Crippen LogP contribution in [0.5, 0.6) is 0 Å². The van der Waals surface area contributed by atoms with E-state index >= 15 is 0 Å². The van der Waals surface area contributed by atoms with Gasteiger partial charge in [-0.15, -0.1) is 0 Å². The topological polar surface area (TPSA) is 8.17 Å². The van der Waals surface area contributed by atoms with E-state index in [9.17, 15) is 0 Å². The molecule has 0 atom stereocenters. The Balaban J connectivity index is 0.950. The minimum atomic E-state index is -0.461. The van der Waals surface area contributed by atoms with Gasteiger partial charge in [0.05, 0.1) is 33.5 Å². The van der Waals surface area contributed by atoms with Crippen LogP contribution in [-0.2, 0) is 10.8 Å². The average Bonchev–Trinajstić information content (AvgIpc) is 2.71. The molecule has 1 aromatic heterocycles. The number of benzene rings is 13. The Bertz CT molecular complexity index is 5030. The van der Waals surface area contributed by atoms with E-state index < -0.39 is 5.41 Å². The number of anilines is 3. The molecule has 0 unspecified atom stereocenters. The maximum Gasteiger partial charge on any atom is 0.0725 e. The summed E-state index contributed by atoms with van der Waals surface area (Å²) in [4.78, 5) is 2.60. The highest BCUT2D eigenvalue weighted by molar-refractivity contribution is 6.21. The van der Waals surface area contributed by atoms with Crippen molar-refractivity contribution in [3.05, 3.63) is 312 Å². The normalized spacial score (nSPS) is 13.9. The van der Waals surface area contributed by atoms with Gasteiger partial charge in [0.2, 0.25) is 0 Å². The van der Waals surface area contributed by atoms with E-state index in [0.717, 1.165) is 28.2 Å². The predicted molar refractivity (Wildman–Crippen MR) is 342 cm³/mol. The van der Waals surface area contributed by atoms with Gasteiger partial charge in [0, 0.05) is 44.0 Å². The number of aromatic nitrogens is 1. The number of para-hydroxylation sites is 2. The highest BCUT2D eigenvalue weighted by Gasteiger charge is 2.52. The van der Waals surface area contributed by atoms with Crippen LogP contribution in [0.15, 0.2) is 279 Å². The van der Waals surface area contributed by atoms with Gasteiger partial charge in [-0.05, 0) is 155 Å². The first-order valence-corrected chi connectivity index (χ1v) is 28.8. The molecule has 1 aliphatic heterocycles. The first kappa shape index (κ1) is 45.6. The third kappa shape index (κ3) is 5.93. The van der Waals surface area contributed by atoms with E-state index in [1.165, 1.54) is 138 Å². The monoisotopic (exact) mass is 1040 g/mol. The standard InChI is InChI=1S/C80H52N2/c1-79(2)70-37-21-33-61-59-31-14-19-38-71(59)82-72-39-20-15-32-60(72)65-48-63(77(79)76(75(61)70)78(65)82)53-44-52-26-9-10-27-55(52)74(46-53)81(73-43-40-51(49-22-5-3-6-23-49)45-62(73)50-24-7-4-8-25-50)54-41-42-69-64(47-54)58-30-13-18-36-68(58)80(69)66-34-16-11-28-56(66)57-29-12-17-35-67(57)80/h3-48H,1-2H3. The van der Waals surface area contributed by atoms with Crippen molar-refractivity contribution in [3.63, 3.8) is 0 Å². The number of hydrogen-bond donors (Lipinski definition) is 0. The Morgan fingerprint density at radius 1 is 0.317 bits per heavy atom. The molecule has 0 saturated carbocycles. The second kappa shape index (κ2) is 16.6. The summed E-state index contributed by atoms with van der Waals surface area (Å²) in [5, 5.41) is 4.91. The fourth-order valence-electron chi connectivity index (χ4n) is 15.8. The minimum Gasteiger partial charge on any atom is -0.309 e. The molecule has 0 amide bonds. The van der Waals surface area contributed by atoms with Crippen molar-refractivity contribution in [2.24, 2.45) is 0 Å². The van der Waals surface area contributed by atoms with Crippen LogP contribution in [0.3, 0.4) is 0 Å². The molecule has 2 heteroatoms. The molecule has 4 aliphatic rings. The second-order valence-electron chi connectivity index (χ2n) is 23.4. The Morgan fingerprint density at radius 2 is 0.902 bits per heavy atom. The molecule has 13 aromatic carbocycles. The molecule has 2 heterocycles. The van der Waals surface area contributed by atoms with Gasteiger partial charge in [0.1, 0.15) is 0 Å². The minimum absolute atomic E-state index is 0.322. The lowest BCUT2D eigenvalue weighted by atomic mass is 9.70. The zero-order valence-corrected chi connectivity index (χ0v) is 45.5. The smallest absolute Gasteiger partial charge is 0.0725 e. The molecule has 0 radical (unpaired) electrons. The van der Waals surface area contributed by atoms with Crippen molar-refractivity contribution < 1.29 is 0 Å². The molecule has 0 N–H and O–H groups in total. The summed E-state index contributed by atoms with van der Waals surface area (Å²) in [6.45, 7) is 4.92. The van der Waals surface area contributed by atoms with Crippen molar-refractivity contribution in [2.45, 2.75) is 24.7 Å². The lowest BCUT2D eigenvalue weighted by molar-refractivity contribution is 0.662. The van der Waals surface area contributed by atoms with Gasteiger partial charge in [-0.25, -0.2) is 0 Å². The van der Waals surface area contributed by atoms with Crippen LogP contribution in [0, 0.1) is 0 Å². The molecule has 0 bridgehead atoms. The van der Waals surface area contributed by atoms with Crippen LogP contribution < -0.4 is 4.90 Å². The van der Waals surface area contributed by atoms with E-state index in [-0.39, 0.29) is 5.41 Å². The molecule has 14 aromatic rings. The van der Waals surface area contributed by atoms with Crippen molar-refractivity contribution in [3.8, 4) is 83.6 Å². The van der Waals surface area contributed by atoms with Crippen LogP contribution in [-0.4, -0.2) is 4.57 Å². The Morgan fingerprint density at radius 3 is 1.65 bits per heavy atom. The molecule has 0 fully saturated rings. The van der Waals surface area contributed by atoms with E-state index in [1.54, 1.807) is 0 Å². The van der Waals surface area contributed by atoms with E-state index in [2.05, 4.69) is 302 Å². The SMILES string of the molecule is CC1(C)c2cccc3c2-c2c1c(-c1cc(N(c4ccc5c(c4)-c4ccccc4C54c5ccccc5-c5ccccc54)c4ccc(-c5ccccc5)cc4-c4ccccc4)c4ccccc4c1)cc1c4ccccc4n(c21)-c1ccccc1-3. The van der Waals surface area contributed by atoms with Gasteiger partial charge >= 0.3 is 0 Å². The summed E-state index contributed by atoms with van der Waals surface area (Å²) >= 11 is 0. The molecule has 382 valence electrons. The maximum absolute atomic E-state index is 2.60. The summed E-state index contributed by atoms with van der Waals surface area (Å²) in [6, 6.07) is 106. The summed E-state index contributed by atoms with van der Waals surface area (Å²) in [5.41, 5.74) is 32.0. The summed E-state index contributed by atoms with van der Waals surface area (Å²) in [6.07, 6.45) is 0. The zero-order valence-electron chi connectivity index (χ0n) is 45.5. The van der Waals surface area contributed by atoms with Crippen LogP contribution >= 0.6 is 0 Å². The average molecular weight is 1040 g/mol. The van der Waals surface area contributed by atoms with Gasteiger partial charge in [0.25, 0.3) is 0 Å². The van der Waals surface area contributed by atoms with Crippen LogP contribution in [0.25, 0.3) is 116 Å². The first-order valence-electron chi connectivity index (χ1n) is 28.8. The quantitative estimate of drug-likeness (QED) is 0.161. The van der Waals surface area contributed by atoms with Crippen LogP contribution in [0.2, 0.25) is 0 Å². The fourth-order valence-corrected chi connectivity index (χ4v) is 15.8. The predicted octanol–water partition coefficient (Wildman–Crippen LogP) is 21.0. The van der Waals surface area contributed by atoms with Gasteiger partial charge in [-0.2, -0.15) is 0 Å².